The quantitative estimate of drug-likeness (QED) is 0.240. The molecule has 2 aromatic carbocycles. The van der Waals surface area contributed by atoms with Gasteiger partial charge in [-0.2, -0.15) is 0 Å². The van der Waals surface area contributed by atoms with Crippen molar-refractivity contribution >= 4 is 28.8 Å². The molecule has 1 saturated heterocycles. The molecule has 2 fully saturated rings. The fraction of sp³-hybridized carbons (Fsp3) is 0.345. The Morgan fingerprint density at radius 3 is 2.31 bits per heavy atom. The zero-order valence-electron chi connectivity index (χ0n) is 21.4. The number of ether oxygens (including phenoxy) is 1. The first kappa shape index (κ1) is 26.1. The first-order chi connectivity index (χ1) is 18.7. The molecule has 3 heterocycles. The molecule has 2 aliphatic rings. The van der Waals surface area contributed by atoms with Crippen molar-refractivity contribution in [2.24, 2.45) is 0 Å². The van der Waals surface area contributed by atoms with Gasteiger partial charge in [0, 0.05) is 50.7 Å². The summed E-state index contributed by atoms with van der Waals surface area (Å²) in [7, 11) is 0. The second kappa shape index (κ2) is 9.79. The summed E-state index contributed by atoms with van der Waals surface area (Å²) in [5.74, 6) is 0. The first-order valence-corrected chi connectivity index (χ1v) is 14.5. The highest BCUT2D eigenvalue weighted by molar-refractivity contribution is 7.23. The van der Waals surface area contributed by atoms with Gasteiger partial charge in [-0.3, -0.25) is 0 Å². The summed E-state index contributed by atoms with van der Waals surface area (Å²) in [5.41, 5.74) is 0.911. The Hall–Kier alpha value is -3.15. The Bertz CT molecular complexity index is 1480. The highest BCUT2D eigenvalue weighted by atomic mass is 32.1. The van der Waals surface area contributed by atoms with Crippen molar-refractivity contribution in [3.8, 4) is 31.6 Å². The second-order valence-corrected chi connectivity index (χ2v) is 12.7. The first-order valence-electron chi connectivity index (χ1n) is 12.8. The summed E-state index contributed by atoms with van der Waals surface area (Å²) < 4.78 is 5.43. The lowest BCUT2D eigenvalue weighted by molar-refractivity contribution is -0.0858. The van der Waals surface area contributed by atoms with E-state index in [1.54, 1.807) is 24.5 Å². The third-order valence-corrected chi connectivity index (χ3v) is 9.98. The summed E-state index contributed by atoms with van der Waals surface area (Å²) in [5, 5.41) is 35.0. The molecule has 1 aliphatic carbocycles. The molecule has 8 nitrogen and oxygen atoms in total. The van der Waals surface area contributed by atoms with Crippen molar-refractivity contribution in [3.05, 3.63) is 71.4 Å². The summed E-state index contributed by atoms with van der Waals surface area (Å²) >= 11 is 3.05. The number of hydrogen-bond donors (Lipinski definition) is 4. The van der Waals surface area contributed by atoms with Gasteiger partial charge < -0.3 is 25.4 Å². The van der Waals surface area contributed by atoms with E-state index >= 15 is 0 Å². The minimum atomic E-state index is -1.11. The van der Waals surface area contributed by atoms with Gasteiger partial charge in [0.25, 0.3) is 0 Å². The van der Waals surface area contributed by atoms with Gasteiger partial charge >= 0.3 is 6.09 Å². The number of amides is 1. The number of rotatable bonds is 6. The van der Waals surface area contributed by atoms with Gasteiger partial charge in [0.15, 0.2) is 0 Å². The molecule has 0 atom stereocenters. The van der Waals surface area contributed by atoms with Crippen molar-refractivity contribution in [1.82, 2.24) is 15.3 Å². The monoisotopic (exact) mass is 563 g/mol. The molecule has 0 radical (unpaired) electrons. The maximum absolute atomic E-state index is 11.5. The van der Waals surface area contributed by atoms with Crippen LogP contribution in [0.4, 0.5) is 4.79 Å². The molecular weight excluding hydrogens is 534 g/mol. The van der Waals surface area contributed by atoms with Gasteiger partial charge in [-0.15, -0.1) is 22.7 Å². The molecule has 1 aliphatic heterocycles. The molecular formula is C29H29N3O5S2. The van der Waals surface area contributed by atoms with Gasteiger partial charge in [0.1, 0.15) is 15.6 Å². The zero-order valence-corrected chi connectivity index (χ0v) is 23.0. The van der Waals surface area contributed by atoms with E-state index in [1.165, 1.54) is 11.3 Å². The van der Waals surface area contributed by atoms with Crippen LogP contribution >= 0.6 is 22.7 Å². The van der Waals surface area contributed by atoms with Gasteiger partial charge in [-0.25, -0.2) is 14.8 Å². The fourth-order valence-corrected chi connectivity index (χ4v) is 7.88. The van der Waals surface area contributed by atoms with E-state index in [0.29, 0.717) is 43.9 Å². The topological polar surface area (TPSA) is 125 Å². The van der Waals surface area contributed by atoms with Crippen molar-refractivity contribution in [2.75, 3.05) is 13.2 Å². The van der Waals surface area contributed by atoms with Crippen LogP contribution in [0, 0.1) is 0 Å². The zero-order chi connectivity index (χ0) is 27.3. The van der Waals surface area contributed by atoms with Gasteiger partial charge in [0.2, 0.25) is 0 Å². The number of carboxylic acid groups (broad SMARTS) is 1. The van der Waals surface area contributed by atoms with Crippen LogP contribution in [0.5, 0.6) is 0 Å². The minimum Gasteiger partial charge on any atom is -0.465 e. The largest absolute Gasteiger partial charge is 0.465 e. The van der Waals surface area contributed by atoms with E-state index in [9.17, 15) is 20.1 Å². The second-order valence-electron chi connectivity index (χ2n) is 10.7. The van der Waals surface area contributed by atoms with Crippen LogP contribution < -0.4 is 5.32 Å². The predicted octanol–water partition coefficient (Wildman–Crippen LogP) is 5.61. The Balaban J connectivity index is 1.36. The Morgan fingerprint density at radius 1 is 0.974 bits per heavy atom. The maximum atomic E-state index is 11.5. The number of nitrogens with zero attached hydrogens (tertiary/aromatic N) is 2. The van der Waals surface area contributed by atoms with Crippen LogP contribution in [0.15, 0.2) is 60.8 Å². The number of hydrogen-bond acceptors (Lipinski definition) is 8. The van der Waals surface area contributed by atoms with Crippen LogP contribution in [0.3, 0.4) is 0 Å². The standard InChI is InChI=1S/C29H29N3O5S2/c1-27(35)16-28(17-27,32-26(33)34)20-9-7-18(8-10-20)22-23(19-5-3-2-4-6-19)39-24(31-22)21-15-30-25(38-21)29(36)11-13-37-14-12-29/h2-10,15,32,35-36H,11-14,16-17H2,1H3,(H,33,34). The highest BCUT2D eigenvalue weighted by Gasteiger charge is 2.53. The molecule has 0 spiro atoms. The van der Waals surface area contributed by atoms with E-state index in [0.717, 1.165) is 37.1 Å². The van der Waals surface area contributed by atoms with Gasteiger partial charge in [0.05, 0.1) is 26.6 Å². The Morgan fingerprint density at radius 2 is 1.67 bits per heavy atom. The summed E-state index contributed by atoms with van der Waals surface area (Å²) in [6.07, 6.45) is 2.36. The Kier molecular flexibility index (Phi) is 6.55. The smallest absolute Gasteiger partial charge is 0.405 e. The summed E-state index contributed by atoms with van der Waals surface area (Å²) in [6, 6.07) is 17.8. The molecule has 0 unspecified atom stereocenters. The molecule has 1 amide bonds. The molecule has 202 valence electrons. The number of benzene rings is 2. The van der Waals surface area contributed by atoms with Crippen LogP contribution in [-0.4, -0.2) is 50.2 Å². The average Bonchev–Trinajstić information content (AvgIpc) is 3.57. The minimum absolute atomic E-state index is 0.313. The number of aromatic nitrogens is 2. The number of thiazole rings is 2. The maximum Gasteiger partial charge on any atom is 0.405 e. The normalized spacial score (nSPS) is 24.2. The molecule has 10 heteroatoms. The third kappa shape index (κ3) is 4.99. The van der Waals surface area contributed by atoms with Crippen molar-refractivity contribution in [2.45, 2.75) is 49.3 Å². The molecule has 6 rings (SSSR count). The van der Waals surface area contributed by atoms with Crippen LogP contribution in [-0.2, 0) is 15.9 Å². The Labute approximate surface area is 234 Å². The molecule has 2 aromatic heterocycles. The fourth-order valence-electron chi connectivity index (χ4n) is 5.68. The number of carbonyl (C=O) groups is 1. The number of nitrogens with one attached hydrogen (secondary N) is 1. The van der Waals surface area contributed by atoms with Crippen LogP contribution in [0.1, 0.15) is 43.2 Å². The third-order valence-electron chi connectivity index (χ3n) is 7.52. The molecule has 0 bridgehead atoms. The van der Waals surface area contributed by atoms with E-state index in [1.807, 2.05) is 42.5 Å². The molecule has 4 aromatic rings. The SMILES string of the molecule is CC1(O)CC(NC(=O)O)(c2ccc(-c3nc(-c4cnc(C5(O)CCOCC5)s4)sc3-c3ccccc3)cc2)C1. The highest BCUT2D eigenvalue weighted by Crippen LogP contribution is 2.49. The molecule has 39 heavy (non-hydrogen) atoms. The molecule has 1 saturated carbocycles. The van der Waals surface area contributed by atoms with Crippen molar-refractivity contribution < 1.29 is 24.9 Å². The lowest BCUT2D eigenvalue weighted by Gasteiger charge is -2.51. The lowest BCUT2D eigenvalue weighted by atomic mass is 9.62. The van der Waals surface area contributed by atoms with Crippen LogP contribution in [0.2, 0.25) is 0 Å². The van der Waals surface area contributed by atoms with Gasteiger partial charge in [-0.1, -0.05) is 54.6 Å². The van der Waals surface area contributed by atoms with Gasteiger partial charge in [-0.05, 0) is 18.1 Å². The van der Waals surface area contributed by atoms with Crippen LogP contribution in [0.25, 0.3) is 31.6 Å². The number of aliphatic hydroxyl groups is 2. The van der Waals surface area contributed by atoms with Crippen molar-refractivity contribution in [3.63, 3.8) is 0 Å². The molecule has 4 N–H and O–H groups in total. The lowest BCUT2D eigenvalue weighted by Crippen LogP contribution is -2.61. The predicted molar refractivity (Wildman–Crippen MR) is 151 cm³/mol. The van der Waals surface area contributed by atoms with E-state index in [-0.39, 0.29) is 0 Å². The van der Waals surface area contributed by atoms with E-state index in [2.05, 4.69) is 22.4 Å². The summed E-state index contributed by atoms with van der Waals surface area (Å²) in [6.45, 7) is 2.75. The van der Waals surface area contributed by atoms with E-state index in [4.69, 9.17) is 9.72 Å². The van der Waals surface area contributed by atoms with Crippen molar-refractivity contribution in [1.29, 1.82) is 0 Å². The average molecular weight is 564 g/mol. The summed E-state index contributed by atoms with van der Waals surface area (Å²) in [4.78, 5) is 23.0. The van der Waals surface area contributed by atoms with E-state index < -0.39 is 22.8 Å².